The van der Waals surface area contributed by atoms with Crippen LogP contribution in [0, 0.1) is 11.3 Å². The van der Waals surface area contributed by atoms with Crippen molar-refractivity contribution < 1.29 is 5.11 Å². The zero-order valence-corrected chi connectivity index (χ0v) is 14.3. The molecular formula is C20H30O. The Labute approximate surface area is 129 Å². The van der Waals surface area contributed by atoms with Gasteiger partial charge in [0.1, 0.15) is 5.75 Å². The van der Waals surface area contributed by atoms with Gasteiger partial charge in [-0.2, -0.15) is 0 Å². The number of benzene rings is 1. The second-order valence-corrected chi connectivity index (χ2v) is 8.57. The van der Waals surface area contributed by atoms with E-state index in [1.54, 1.807) is 0 Å². The van der Waals surface area contributed by atoms with E-state index in [4.69, 9.17) is 0 Å². The van der Waals surface area contributed by atoms with Crippen LogP contribution in [-0.2, 0) is 11.8 Å². The molecule has 1 aromatic rings. The van der Waals surface area contributed by atoms with Gasteiger partial charge in [-0.25, -0.2) is 0 Å². The first-order chi connectivity index (χ1) is 9.75. The molecule has 0 unspecified atom stereocenters. The molecule has 0 radical (unpaired) electrons. The van der Waals surface area contributed by atoms with Gasteiger partial charge < -0.3 is 5.11 Å². The van der Waals surface area contributed by atoms with Crippen LogP contribution in [0.15, 0.2) is 12.1 Å². The van der Waals surface area contributed by atoms with Gasteiger partial charge in [0.05, 0.1) is 0 Å². The Morgan fingerprint density at radius 2 is 1.86 bits per heavy atom. The Bertz CT molecular complexity index is 555. The Kier molecular flexibility index (Phi) is 3.39. The van der Waals surface area contributed by atoms with E-state index in [-0.39, 0.29) is 0 Å². The predicted octanol–water partition coefficient (Wildman–Crippen LogP) is 5.55. The predicted molar refractivity (Wildman–Crippen MR) is 89.0 cm³/mol. The number of fused-ring (bicyclic) bond motifs is 3. The molecule has 21 heavy (non-hydrogen) atoms. The van der Waals surface area contributed by atoms with Crippen molar-refractivity contribution in [2.75, 3.05) is 0 Å². The molecule has 0 heterocycles. The van der Waals surface area contributed by atoms with Gasteiger partial charge in [0.25, 0.3) is 0 Å². The smallest absolute Gasteiger partial charge is 0.119 e. The SMILES string of the molecule is CC(C)c1cc2c(cc1O)CC[C@@H]1C(C)(C)CCC[C@]21C. The summed E-state index contributed by atoms with van der Waals surface area (Å²) >= 11 is 0. The Hall–Kier alpha value is -0.980. The first-order valence-electron chi connectivity index (χ1n) is 8.62. The number of phenols is 1. The van der Waals surface area contributed by atoms with Crippen molar-refractivity contribution in [1.29, 1.82) is 0 Å². The molecule has 0 bridgehead atoms. The van der Waals surface area contributed by atoms with Crippen LogP contribution in [0.2, 0.25) is 0 Å². The Morgan fingerprint density at radius 3 is 2.52 bits per heavy atom. The molecule has 1 fully saturated rings. The van der Waals surface area contributed by atoms with E-state index in [1.165, 1.54) is 36.8 Å². The molecule has 2 aliphatic carbocycles. The van der Waals surface area contributed by atoms with E-state index in [9.17, 15) is 5.11 Å². The first kappa shape index (κ1) is 14.9. The van der Waals surface area contributed by atoms with Gasteiger partial charge >= 0.3 is 0 Å². The standard InChI is InChI=1S/C20H30O/c1-13(2)15-12-16-14(11-17(15)21)7-8-18-19(3,4)9-6-10-20(16,18)5/h11-13,18,21H,6-10H2,1-5H3/t18-,20-/m1/s1. The fraction of sp³-hybridized carbons (Fsp3) is 0.700. The third-order valence-electron chi connectivity index (χ3n) is 6.42. The lowest BCUT2D eigenvalue weighted by molar-refractivity contribution is 0.0406. The highest BCUT2D eigenvalue weighted by Gasteiger charge is 2.49. The average Bonchev–Trinajstić information content (AvgIpc) is 2.36. The summed E-state index contributed by atoms with van der Waals surface area (Å²) in [5.74, 6) is 1.66. The summed E-state index contributed by atoms with van der Waals surface area (Å²) in [7, 11) is 0. The van der Waals surface area contributed by atoms with Crippen molar-refractivity contribution in [3.8, 4) is 5.75 Å². The van der Waals surface area contributed by atoms with Crippen LogP contribution in [0.5, 0.6) is 5.75 Å². The van der Waals surface area contributed by atoms with E-state index in [1.807, 2.05) is 0 Å². The molecule has 2 atom stereocenters. The molecule has 0 amide bonds. The van der Waals surface area contributed by atoms with Crippen LogP contribution in [0.3, 0.4) is 0 Å². The largest absolute Gasteiger partial charge is 0.508 e. The van der Waals surface area contributed by atoms with Crippen LogP contribution >= 0.6 is 0 Å². The summed E-state index contributed by atoms with van der Waals surface area (Å²) in [4.78, 5) is 0. The fourth-order valence-electron chi connectivity index (χ4n) is 5.30. The fourth-order valence-corrected chi connectivity index (χ4v) is 5.30. The maximum atomic E-state index is 10.3. The van der Waals surface area contributed by atoms with Gasteiger partial charge in [-0.3, -0.25) is 0 Å². The molecule has 1 saturated carbocycles. The summed E-state index contributed by atoms with van der Waals surface area (Å²) in [5, 5.41) is 10.3. The molecular weight excluding hydrogens is 256 g/mol. The Morgan fingerprint density at radius 1 is 1.14 bits per heavy atom. The van der Waals surface area contributed by atoms with Crippen molar-refractivity contribution in [3.63, 3.8) is 0 Å². The number of aryl methyl sites for hydroxylation is 1. The zero-order chi connectivity index (χ0) is 15.4. The number of phenolic OH excluding ortho intramolecular Hbond substituents is 1. The van der Waals surface area contributed by atoms with Gasteiger partial charge in [-0.05, 0) is 71.1 Å². The maximum absolute atomic E-state index is 10.3. The summed E-state index contributed by atoms with van der Waals surface area (Å²) in [6.07, 6.45) is 6.40. The van der Waals surface area contributed by atoms with E-state index >= 15 is 0 Å². The van der Waals surface area contributed by atoms with Crippen molar-refractivity contribution in [2.45, 2.75) is 78.1 Å². The van der Waals surface area contributed by atoms with E-state index in [0.29, 0.717) is 22.5 Å². The normalized spacial score (nSPS) is 30.9. The third-order valence-corrected chi connectivity index (χ3v) is 6.42. The third kappa shape index (κ3) is 2.20. The van der Waals surface area contributed by atoms with Crippen LogP contribution in [0.25, 0.3) is 0 Å². The molecule has 1 heteroatoms. The lowest BCUT2D eigenvalue weighted by Gasteiger charge is -2.54. The molecule has 1 N–H and O–H groups in total. The van der Waals surface area contributed by atoms with Gasteiger partial charge in [-0.1, -0.05) is 47.1 Å². The molecule has 0 aliphatic heterocycles. The number of hydrogen-bond acceptors (Lipinski definition) is 1. The second kappa shape index (κ2) is 4.76. The molecule has 1 nitrogen and oxygen atoms in total. The highest BCUT2D eigenvalue weighted by molar-refractivity contribution is 5.48. The van der Waals surface area contributed by atoms with Crippen LogP contribution in [0.4, 0.5) is 0 Å². The minimum Gasteiger partial charge on any atom is -0.508 e. The number of rotatable bonds is 1. The van der Waals surface area contributed by atoms with Crippen molar-refractivity contribution in [2.24, 2.45) is 11.3 Å². The van der Waals surface area contributed by atoms with Gasteiger partial charge in [0, 0.05) is 0 Å². The monoisotopic (exact) mass is 286 g/mol. The topological polar surface area (TPSA) is 20.2 Å². The minimum atomic E-state index is 0.298. The average molecular weight is 286 g/mol. The zero-order valence-electron chi connectivity index (χ0n) is 14.3. The summed E-state index contributed by atoms with van der Waals surface area (Å²) in [6, 6.07) is 4.40. The van der Waals surface area contributed by atoms with Gasteiger partial charge in [0.2, 0.25) is 0 Å². The van der Waals surface area contributed by atoms with Gasteiger partial charge in [-0.15, -0.1) is 0 Å². The van der Waals surface area contributed by atoms with Crippen LogP contribution in [-0.4, -0.2) is 5.11 Å². The highest BCUT2D eigenvalue weighted by atomic mass is 16.3. The van der Waals surface area contributed by atoms with Crippen molar-refractivity contribution in [1.82, 2.24) is 0 Å². The van der Waals surface area contributed by atoms with Crippen LogP contribution in [0.1, 0.15) is 82.9 Å². The van der Waals surface area contributed by atoms with Crippen molar-refractivity contribution >= 4 is 0 Å². The summed E-state index contributed by atoms with van der Waals surface area (Å²) in [6.45, 7) is 11.8. The molecule has 116 valence electrons. The van der Waals surface area contributed by atoms with Gasteiger partial charge in [0.15, 0.2) is 0 Å². The minimum absolute atomic E-state index is 0.298. The highest BCUT2D eigenvalue weighted by Crippen LogP contribution is 2.57. The molecule has 3 rings (SSSR count). The molecule has 1 aromatic carbocycles. The number of hydrogen-bond donors (Lipinski definition) is 1. The van der Waals surface area contributed by atoms with E-state index in [2.05, 4.69) is 46.8 Å². The van der Waals surface area contributed by atoms with Crippen molar-refractivity contribution in [3.05, 3.63) is 28.8 Å². The molecule has 0 spiro atoms. The van der Waals surface area contributed by atoms with E-state index in [0.717, 1.165) is 17.9 Å². The van der Waals surface area contributed by atoms with E-state index < -0.39 is 0 Å². The molecule has 0 saturated heterocycles. The lowest BCUT2D eigenvalue weighted by Crippen LogP contribution is -2.47. The Balaban J connectivity index is 2.14. The second-order valence-electron chi connectivity index (χ2n) is 8.57. The number of aromatic hydroxyl groups is 1. The lowest BCUT2D eigenvalue weighted by atomic mass is 9.50. The van der Waals surface area contributed by atoms with Crippen LogP contribution < -0.4 is 0 Å². The first-order valence-corrected chi connectivity index (χ1v) is 8.62. The maximum Gasteiger partial charge on any atom is 0.119 e. The summed E-state index contributed by atoms with van der Waals surface area (Å²) < 4.78 is 0. The molecule has 0 aromatic heterocycles. The quantitative estimate of drug-likeness (QED) is 0.718. The summed E-state index contributed by atoms with van der Waals surface area (Å²) in [5.41, 5.74) is 4.80. The molecule has 2 aliphatic rings.